The Balaban J connectivity index is 1.73. The standard InChI is InChI=1S/C22H20Cl2F3N3O2/c1-12-9-14(22(25,26)27)10-16-13(2)30(28-20(12)16)11-17-18(23)4-3-15(19(17)24)21(31)29-5-7-32-8-6-29/h3-4,9-10H,5-8,11H2,1-2H3. The average molecular weight is 486 g/mol. The molecule has 0 N–H and O–H groups in total. The smallest absolute Gasteiger partial charge is 0.378 e. The average Bonchev–Trinajstić information content (AvgIpc) is 3.07. The van der Waals surface area contributed by atoms with Crippen LogP contribution in [0.5, 0.6) is 0 Å². The maximum Gasteiger partial charge on any atom is 0.416 e. The lowest BCUT2D eigenvalue weighted by Crippen LogP contribution is -2.40. The second-order valence-corrected chi connectivity index (χ2v) is 8.51. The molecule has 1 saturated heterocycles. The molecule has 0 aliphatic carbocycles. The van der Waals surface area contributed by atoms with E-state index in [4.69, 9.17) is 27.9 Å². The van der Waals surface area contributed by atoms with Crippen molar-refractivity contribution in [2.45, 2.75) is 26.6 Å². The van der Waals surface area contributed by atoms with Gasteiger partial charge in [0.05, 0.1) is 41.4 Å². The highest BCUT2D eigenvalue weighted by atomic mass is 35.5. The number of ether oxygens (including phenoxy) is 1. The molecule has 2 heterocycles. The summed E-state index contributed by atoms with van der Waals surface area (Å²) in [7, 11) is 0. The first-order valence-electron chi connectivity index (χ1n) is 9.96. The Morgan fingerprint density at radius 2 is 1.84 bits per heavy atom. The van der Waals surface area contributed by atoms with Crippen molar-refractivity contribution in [1.82, 2.24) is 14.7 Å². The van der Waals surface area contributed by atoms with Crippen LogP contribution in [0.25, 0.3) is 10.9 Å². The molecule has 0 radical (unpaired) electrons. The van der Waals surface area contributed by atoms with E-state index in [9.17, 15) is 18.0 Å². The second-order valence-electron chi connectivity index (χ2n) is 7.72. The van der Waals surface area contributed by atoms with Gasteiger partial charge in [0.15, 0.2) is 0 Å². The fourth-order valence-electron chi connectivity index (χ4n) is 3.83. The second kappa shape index (κ2) is 8.57. The minimum Gasteiger partial charge on any atom is -0.378 e. The number of aromatic nitrogens is 2. The molecule has 1 aliphatic heterocycles. The molecule has 1 fully saturated rings. The lowest BCUT2D eigenvalue weighted by Gasteiger charge is -2.27. The van der Waals surface area contributed by atoms with Crippen molar-refractivity contribution >= 4 is 40.0 Å². The van der Waals surface area contributed by atoms with Crippen molar-refractivity contribution in [3.63, 3.8) is 0 Å². The zero-order valence-electron chi connectivity index (χ0n) is 17.4. The van der Waals surface area contributed by atoms with Crippen LogP contribution < -0.4 is 0 Å². The normalized spacial score (nSPS) is 14.9. The molecule has 1 aromatic heterocycles. The van der Waals surface area contributed by atoms with Crippen LogP contribution >= 0.6 is 23.2 Å². The fraction of sp³-hybridized carbons (Fsp3) is 0.364. The van der Waals surface area contributed by atoms with Crippen LogP contribution in [-0.4, -0.2) is 46.9 Å². The number of aryl methyl sites for hydroxylation is 2. The first kappa shape index (κ1) is 22.9. The summed E-state index contributed by atoms with van der Waals surface area (Å²) in [6.45, 7) is 5.26. The molecule has 0 atom stereocenters. The number of rotatable bonds is 3. The van der Waals surface area contributed by atoms with E-state index in [0.29, 0.717) is 64.6 Å². The number of halogens is 5. The van der Waals surface area contributed by atoms with Gasteiger partial charge < -0.3 is 9.64 Å². The minimum absolute atomic E-state index is 0.114. The van der Waals surface area contributed by atoms with E-state index >= 15 is 0 Å². The maximum absolute atomic E-state index is 13.3. The SMILES string of the molecule is Cc1cc(C(F)(F)F)cc2c(C)n(Cc3c(Cl)ccc(C(=O)N4CCOCC4)c3Cl)nc12. The van der Waals surface area contributed by atoms with E-state index in [1.807, 2.05) is 0 Å². The first-order valence-corrected chi connectivity index (χ1v) is 10.7. The van der Waals surface area contributed by atoms with E-state index in [1.165, 1.54) is 0 Å². The van der Waals surface area contributed by atoms with Crippen molar-refractivity contribution in [1.29, 1.82) is 0 Å². The molecule has 1 amide bonds. The first-order chi connectivity index (χ1) is 15.1. The van der Waals surface area contributed by atoms with Gasteiger partial charge in [0.25, 0.3) is 5.91 Å². The molecule has 170 valence electrons. The van der Waals surface area contributed by atoms with Gasteiger partial charge in [-0.1, -0.05) is 23.2 Å². The topological polar surface area (TPSA) is 47.4 Å². The number of benzene rings is 2. The van der Waals surface area contributed by atoms with Gasteiger partial charge in [-0.3, -0.25) is 9.48 Å². The van der Waals surface area contributed by atoms with Gasteiger partial charge in [0, 0.05) is 34.8 Å². The number of carbonyl (C=O) groups excluding carboxylic acids is 1. The number of alkyl halides is 3. The number of nitrogens with zero attached hydrogens (tertiary/aromatic N) is 3. The summed E-state index contributed by atoms with van der Waals surface area (Å²) in [6.07, 6.45) is -4.45. The third-order valence-electron chi connectivity index (χ3n) is 5.65. The van der Waals surface area contributed by atoms with Crippen LogP contribution in [0.3, 0.4) is 0 Å². The molecule has 5 nitrogen and oxygen atoms in total. The van der Waals surface area contributed by atoms with Gasteiger partial charge in [-0.25, -0.2) is 0 Å². The summed E-state index contributed by atoms with van der Waals surface area (Å²) in [6, 6.07) is 5.36. The van der Waals surface area contributed by atoms with Crippen molar-refractivity contribution < 1.29 is 22.7 Å². The zero-order chi connectivity index (χ0) is 23.2. The molecule has 10 heteroatoms. The number of hydrogen-bond donors (Lipinski definition) is 0. The van der Waals surface area contributed by atoms with E-state index in [-0.39, 0.29) is 17.5 Å². The summed E-state index contributed by atoms with van der Waals surface area (Å²) in [5, 5.41) is 5.46. The van der Waals surface area contributed by atoms with Crippen molar-refractivity contribution in [3.8, 4) is 0 Å². The predicted molar refractivity (Wildman–Crippen MR) is 116 cm³/mol. The van der Waals surface area contributed by atoms with E-state index in [0.717, 1.165) is 12.1 Å². The van der Waals surface area contributed by atoms with Crippen molar-refractivity contribution in [2.24, 2.45) is 0 Å². The van der Waals surface area contributed by atoms with Crippen molar-refractivity contribution in [3.05, 3.63) is 62.3 Å². The summed E-state index contributed by atoms with van der Waals surface area (Å²) in [5.74, 6) is -0.218. The quantitative estimate of drug-likeness (QED) is 0.492. The Bertz CT molecular complexity index is 1200. The molecule has 2 aromatic carbocycles. The molecular formula is C22H20Cl2F3N3O2. The molecule has 3 aromatic rings. The monoisotopic (exact) mass is 485 g/mol. The number of hydrogen-bond acceptors (Lipinski definition) is 3. The summed E-state index contributed by atoms with van der Waals surface area (Å²) < 4.78 is 46.6. The van der Waals surface area contributed by atoms with Gasteiger partial charge in [-0.15, -0.1) is 0 Å². The zero-order valence-corrected chi connectivity index (χ0v) is 18.9. The van der Waals surface area contributed by atoms with Gasteiger partial charge in [-0.2, -0.15) is 18.3 Å². The van der Waals surface area contributed by atoms with Crippen LogP contribution in [0.1, 0.15) is 32.7 Å². The number of fused-ring (bicyclic) bond motifs is 1. The van der Waals surface area contributed by atoms with Gasteiger partial charge in [0.1, 0.15) is 0 Å². The largest absolute Gasteiger partial charge is 0.416 e. The maximum atomic E-state index is 13.3. The Morgan fingerprint density at radius 3 is 2.50 bits per heavy atom. The Morgan fingerprint density at radius 1 is 1.16 bits per heavy atom. The fourth-order valence-corrected chi connectivity index (χ4v) is 4.41. The summed E-state index contributed by atoms with van der Waals surface area (Å²) in [5.41, 5.74) is 1.52. The van der Waals surface area contributed by atoms with Crippen LogP contribution in [0.4, 0.5) is 13.2 Å². The summed E-state index contributed by atoms with van der Waals surface area (Å²) >= 11 is 13.0. The minimum atomic E-state index is -4.45. The van der Waals surface area contributed by atoms with Gasteiger partial charge in [0.2, 0.25) is 0 Å². The molecule has 0 saturated carbocycles. The lowest BCUT2D eigenvalue weighted by atomic mass is 10.1. The van der Waals surface area contributed by atoms with E-state index < -0.39 is 11.7 Å². The number of carbonyl (C=O) groups is 1. The lowest BCUT2D eigenvalue weighted by molar-refractivity contribution is -0.137. The predicted octanol–water partition coefficient (Wildman–Crippen LogP) is 5.50. The Labute approximate surface area is 192 Å². The van der Waals surface area contributed by atoms with Gasteiger partial charge in [-0.05, 0) is 43.7 Å². The number of morpholine rings is 1. The Kier molecular flexibility index (Phi) is 6.13. The van der Waals surface area contributed by atoms with Crippen LogP contribution in [0.15, 0.2) is 24.3 Å². The molecule has 0 unspecified atom stereocenters. The van der Waals surface area contributed by atoms with E-state index in [1.54, 1.807) is 35.6 Å². The third-order valence-corrected chi connectivity index (χ3v) is 6.43. The van der Waals surface area contributed by atoms with Gasteiger partial charge >= 0.3 is 6.18 Å². The molecule has 1 aliphatic rings. The van der Waals surface area contributed by atoms with Crippen LogP contribution in [-0.2, 0) is 17.5 Å². The number of amides is 1. The molecular weight excluding hydrogens is 466 g/mol. The molecule has 0 spiro atoms. The molecule has 0 bridgehead atoms. The third kappa shape index (κ3) is 4.19. The van der Waals surface area contributed by atoms with Crippen LogP contribution in [0, 0.1) is 13.8 Å². The summed E-state index contributed by atoms with van der Waals surface area (Å²) in [4.78, 5) is 14.6. The molecule has 32 heavy (non-hydrogen) atoms. The molecule has 4 rings (SSSR count). The Hall–Kier alpha value is -2.29. The van der Waals surface area contributed by atoms with Crippen molar-refractivity contribution in [2.75, 3.05) is 26.3 Å². The van der Waals surface area contributed by atoms with E-state index in [2.05, 4.69) is 5.10 Å². The highest BCUT2D eigenvalue weighted by molar-refractivity contribution is 6.38. The highest BCUT2D eigenvalue weighted by Crippen LogP contribution is 2.35. The highest BCUT2D eigenvalue weighted by Gasteiger charge is 2.32. The van der Waals surface area contributed by atoms with Crippen LogP contribution in [0.2, 0.25) is 10.0 Å².